The quantitative estimate of drug-likeness (QED) is 0.538. The molecule has 2 rings (SSSR count). The van der Waals surface area contributed by atoms with E-state index in [0.717, 1.165) is 31.4 Å². The summed E-state index contributed by atoms with van der Waals surface area (Å²) in [6, 6.07) is 2.45. The lowest BCUT2D eigenvalue weighted by Gasteiger charge is -2.39. The van der Waals surface area contributed by atoms with Crippen LogP contribution in [0.5, 0.6) is 0 Å². The molecule has 0 aliphatic heterocycles. The molecular formula is C17H28NO4PS. The molecular weight excluding hydrogens is 345 g/mol. The first-order valence-corrected chi connectivity index (χ1v) is 11.4. The third kappa shape index (κ3) is 4.58. The van der Waals surface area contributed by atoms with E-state index in [9.17, 15) is 9.83 Å². The number of hydrogen-bond acceptors (Lipinski definition) is 6. The second kappa shape index (κ2) is 9.29. The van der Waals surface area contributed by atoms with Gasteiger partial charge in [-0.1, -0.05) is 13.3 Å². The lowest BCUT2D eigenvalue weighted by molar-refractivity contribution is 0.136. The molecule has 136 valence electrons. The predicted octanol–water partition coefficient (Wildman–Crippen LogP) is 5.29. The Bertz CT molecular complexity index is 535. The zero-order valence-electron chi connectivity index (χ0n) is 14.8. The maximum atomic E-state index is 12.9. The summed E-state index contributed by atoms with van der Waals surface area (Å²) in [7, 11) is -3.63. The number of hydrogen-bond donors (Lipinski definition) is 0. The third-order valence-electron chi connectivity index (χ3n) is 4.52. The van der Waals surface area contributed by atoms with Gasteiger partial charge in [0.25, 0.3) is 0 Å². The van der Waals surface area contributed by atoms with Gasteiger partial charge in [-0.05, 0) is 56.8 Å². The second-order valence-corrected chi connectivity index (χ2v) is 9.07. The Morgan fingerprint density at radius 2 is 1.96 bits per heavy atom. The van der Waals surface area contributed by atoms with E-state index in [1.807, 2.05) is 0 Å². The molecule has 1 saturated carbocycles. The van der Waals surface area contributed by atoms with E-state index in [-0.39, 0.29) is 24.4 Å². The van der Waals surface area contributed by atoms with Crippen LogP contribution in [0.1, 0.15) is 52.9 Å². The molecule has 1 fully saturated rings. The zero-order chi connectivity index (χ0) is 17.6. The Morgan fingerprint density at radius 3 is 2.54 bits per heavy atom. The minimum atomic E-state index is -3.63. The predicted molar refractivity (Wildman–Crippen MR) is 96.6 cm³/mol. The Labute approximate surface area is 149 Å². The maximum Gasteiger partial charge on any atom is 0.529 e. The number of fused-ring (bicyclic) bond motifs is 1. The SMILES string of the molecule is CCOP(=O)(OCC)OC1=C2CCCC[C@@H]2C[C@H](C#N)[C@@H]1SCC. The van der Waals surface area contributed by atoms with Crippen molar-refractivity contribution in [1.82, 2.24) is 0 Å². The van der Waals surface area contributed by atoms with E-state index in [1.54, 1.807) is 25.6 Å². The van der Waals surface area contributed by atoms with E-state index in [4.69, 9.17) is 13.6 Å². The molecule has 5 nitrogen and oxygen atoms in total. The van der Waals surface area contributed by atoms with Gasteiger partial charge in [0.1, 0.15) is 5.76 Å². The molecule has 0 unspecified atom stereocenters. The first kappa shape index (κ1) is 19.8. The Hall–Kier alpha value is -0.470. The first-order valence-electron chi connectivity index (χ1n) is 8.91. The second-order valence-electron chi connectivity index (χ2n) is 6.05. The smallest absolute Gasteiger partial charge is 0.407 e. The summed E-state index contributed by atoms with van der Waals surface area (Å²) in [4.78, 5) is 0. The summed E-state index contributed by atoms with van der Waals surface area (Å²) in [5.74, 6) is 1.83. The highest BCUT2D eigenvalue weighted by molar-refractivity contribution is 8.00. The van der Waals surface area contributed by atoms with Crippen molar-refractivity contribution in [2.24, 2.45) is 11.8 Å². The minimum Gasteiger partial charge on any atom is -0.407 e. The molecule has 0 aromatic heterocycles. The highest BCUT2D eigenvalue weighted by Crippen LogP contribution is 2.56. The van der Waals surface area contributed by atoms with Gasteiger partial charge >= 0.3 is 7.82 Å². The molecule has 2 aliphatic rings. The van der Waals surface area contributed by atoms with Crippen molar-refractivity contribution < 1.29 is 18.1 Å². The number of phosphoric acid groups is 1. The van der Waals surface area contributed by atoms with Crippen LogP contribution >= 0.6 is 19.6 Å². The van der Waals surface area contributed by atoms with Gasteiger partial charge in [-0.2, -0.15) is 5.26 Å². The average Bonchev–Trinajstić information content (AvgIpc) is 2.57. The molecule has 7 heteroatoms. The summed E-state index contributed by atoms with van der Waals surface area (Å²) in [6.07, 6.45) is 5.21. The topological polar surface area (TPSA) is 68.6 Å². The van der Waals surface area contributed by atoms with Crippen LogP contribution in [0.2, 0.25) is 0 Å². The Kier molecular flexibility index (Phi) is 7.68. The number of phosphoric ester groups is 1. The van der Waals surface area contributed by atoms with Gasteiger partial charge in [-0.25, -0.2) is 4.57 Å². The summed E-state index contributed by atoms with van der Waals surface area (Å²) in [6.45, 7) is 6.13. The fourth-order valence-corrected chi connectivity index (χ4v) is 6.06. The van der Waals surface area contributed by atoms with Gasteiger partial charge in [0.15, 0.2) is 0 Å². The fourth-order valence-electron chi connectivity index (χ4n) is 3.59. The van der Waals surface area contributed by atoms with Crippen molar-refractivity contribution in [2.75, 3.05) is 19.0 Å². The molecule has 0 spiro atoms. The lowest BCUT2D eigenvalue weighted by atomic mass is 9.73. The molecule has 0 radical (unpaired) electrons. The molecule has 0 heterocycles. The lowest BCUT2D eigenvalue weighted by Crippen LogP contribution is -2.32. The van der Waals surface area contributed by atoms with Crippen molar-refractivity contribution in [3.05, 3.63) is 11.3 Å². The number of nitriles is 1. The van der Waals surface area contributed by atoms with Crippen molar-refractivity contribution in [3.8, 4) is 6.07 Å². The van der Waals surface area contributed by atoms with Crippen LogP contribution < -0.4 is 0 Å². The van der Waals surface area contributed by atoms with Crippen LogP contribution in [0.4, 0.5) is 0 Å². The molecule has 0 bridgehead atoms. The van der Waals surface area contributed by atoms with Crippen molar-refractivity contribution in [1.29, 1.82) is 5.26 Å². The first-order chi connectivity index (χ1) is 11.6. The monoisotopic (exact) mass is 373 g/mol. The van der Waals surface area contributed by atoms with Gasteiger partial charge in [0, 0.05) is 0 Å². The van der Waals surface area contributed by atoms with Crippen molar-refractivity contribution in [3.63, 3.8) is 0 Å². The van der Waals surface area contributed by atoms with E-state index < -0.39 is 7.82 Å². The zero-order valence-corrected chi connectivity index (χ0v) is 16.5. The Balaban J connectivity index is 2.39. The minimum absolute atomic E-state index is 0.0846. The van der Waals surface area contributed by atoms with Crippen LogP contribution in [0.25, 0.3) is 0 Å². The largest absolute Gasteiger partial charge is 0.529 e. The average molecular weight is 373 g/mol. The number of rotatable bonds is 8. The van der Waals surface area contributed by atoms with E-state index in [0.29, 0.717) is 11.7 Å². The van der Waals surface area contributed by atoms with Crippen LogP contribution in [0.15, 0.2) is 11.3 Å². The third-order valence-corrected chi connectivity index (χ3v) is 7.32. The van der Waals surface area contributed by atoms with Gasteiger partial charge in [-0.3, -0.25) is 9.05 Å². The normalized spacial score (nSPS) is 27.5. The molecule has 0 N–H and O–H groups in total. The highest BCUT2D eigenvalue weighted by Gasteiger charge is 2.42. The molecule has 0 saturated heterocycles. The van der Waals surface area contributed by atoms with E-state index >= 15 is 0 Å². The van der Waals surface area contributed by atoms with Gasteiger partial charge in [0.2, 0.25) is 0 Å². The summed E-state index contributed by atoms with van der Waals surface area (Å²) in [5.41, 5.74) is 1.23. The summed E-state index contributed by atoms with van der Waals surface area (Å²) < 4.78 is 29.5. The number of allylic oxidation sites excluding steroid dienone is 1. The van der Waals surface area contributed by atoms with Crippen LogP contribution in [0.3, 0.4) is 0 Å². The van der Waals surface area contributed by atoms with Crippen LogP contribution in [-0.2, 0) is 18.1 Å². The molecule has 3 atom stereocenters. The highest BCUT2D eigenvalue weighted by atomic mass is 32.2. The molecule has 0 aromatic rings. The van der Waals surface area contributed by atoms with Crippen LogP contribution in [-0.4, -0.2) is 24.2 Å². The fraction of sp³-hybridized carbons (Fsp3) is 0.824. The summed E-state index contributed by atoms with van der Waals surface area (Å²) in [5, 5.41) is 9.54. The van der Waals surface area contributed by atoms with E-state index in [1.165, 1.54) is 12.0 Å². The Morgan fingerprint density at radius 1 is 1.25 bits per heavy atom. The summed E-state index contributed by atoms with van der Waals surface area (Å²) >= 11 is 1.69. The number of nitrogens with zero attached hydrogens (tertiary/aromatic N) is 1. The maximum absolute atomic E-state index is 12.9. The molecule has 2 aliphatic carbocycles. The van der Waals surface area contributed by atoms with Crippen molar-refractivity contribution in [2.45, 2.75) is 58.1 Å². The van der Waals surface area contributed by atoms with E-state index in [2.05, 4.69) is 13.0 Å². The molecule has 0 amide bonds. The molecule has 24 heavy (non-hydrogen) atoms. The van der Waals surface area contributed by atoms with Gasteiger partial charge < -0.3 is 4.52 Å². The molecule has 0 aromatic carbocycles. The van der Waals surface area contributed by atoms with Gasteiger partial charge in [0.05, 0.1) is 30.5 Å². The standard InChI is InChI=1S/C17H28NO4PS/c1-4-20-23(19,21-5-2)22-16-15-10-8-7-9-13(15)11-14(12-18)17(16)24-6-3/h13-14,17H,4-11H2,1-3H3/t13-,14-,17+/m1/s1. The van der Waals surface area contributed by atoms with Crippen LogP contribution in [0, 0.1) is 23.2 Å². The van der Waals surface area contributed by atoms with Crippen molar-refractivity contribution >= 4 is 19.6 Å². The van der Waals surface area contributed by atoms with Gasteiger partial charge in [-0.15, -0.1) is 11.8 Å². The number of thioether (sulfide) groups is 1.